The molecule has 0 saturated carbocycles. The van der Waals surface area contributed by atoms with Crippen molar-refractivity contribution in [3.63, 3.8) is 0 Å². The zero-order chi connectivity index (χ0) is 14.2. The number of halogens is 3. The first-order valence-corrected chi connectivity index (χ1v) is 5.84. The third kappa shape index (κ3) is 2.81. The number of fused-ring (bicyclic) bond motifs is 1. The van der Waals surface area contributed by atoms with E-state index in [0.717, 1.165) is 0 Å². The molecule has 1 heterocycles. The van der Waals surface area contributed by atoms with Gasteiger partial charge in [-0.3, -0.25) is 4.79 Å². The summed E-state index contributed by atoms with van der Waals surface area (Å²) in [5, 5.41) is 2.56. The van der Waals surface area contributed by atoms with Gasteiger partial charge in [-0.15, -0.1) is 0 Å². The van der Waals surface area contributed by atoms with E-state index < -0.39 is 18.8 Å². The van der Waals surface area contributed by atoms with Gasteiger partial charge in [0, 0.05) is 23.5 Å². The molecule has 0 aliphatic carbocycles. The third-order valence-electron chi connectivity index (χ3n) is 3.03. The van der Waals surface area contributed by atoms with Crippen molar-refractivity contribution in [1.82, 2.24) is 0 Å². The number of hydrogen-bond donors (Lipinski definition) is 2. The summed E-state index contributed by atoms with van der Waals surface area (Å²) in [6.07, 6.45) is -4.27. The van der Waals surface area contributed by atoms with Crippen molar-refractivity contribution in [2.75, 3.05) is 23.3 Å². The van der Waals surface area contributed by atoms with Gasteiger partial charge in [-0.2, -0.15) is 13.2 Å². The van der Waals surface area contributed by atoms with E-state index in [4.69, 9.17) is 5.73 Å². The molecule has 0 fully saturated rings. The first-order chi connectivity index (χ1) is 8.81. The molecule has 0 spiro atoms. The topological polar surface area (TPSA) is 58.4 Å². The van der Waals surface area contributed by atoms with Gasteiger partial charge < -0.3 is 16.0 Å². The van der Waals surface area contributed by atoms with E-state index in [1.165, 1.54) is 11.0 Å². The van der Waals surface area contributed by atoms with E-state index in [9.17, 15) is 18.0 Å². The van der Waals surface area contributed by atoms with E-state index in [1.54, 1.807) is 19.1 Å². The molecule has 7 heteroatoms. The molecule has 1 atom stereocenters. The average molecular weight is 273 g/mol. The lowest BCUT2D eigenvalue weighted by atomic mass is 10.1. The molecule has 104 valence electrons. The Morgan fingerprint density at radius 2 is 2.11 bits per heavy atom. The van der Waals surface area contributed by atoms with Crippen LogP contribution >= 0.6 is 0 Å². The van der Waals surface area contributed by atoms with Gasteiger partial charge in [-0.1, -0.05) is 6.07 Å². The molecule has 0 radical (unpaired) electrons. The maximum Gasteiger partial charge on any atom is 0.405 e. The number of hydrogen-bond acceptors (Lipinski definition) is 3. The van der Waals surface area contributed by atoms with E-state index in [0.29, 0.717) is 16.9 Å². The van der Waals surface area contributed by atoms with E-state index >= 15 is 0 Å². The van der Waals surface area contributed by atoms with Crippen LogP contribution in [0.4, 0.5) is 24.5 Å². The van der Waals surface area contributed by atoms with E-state index in [2.05, 4.69) is 5.32 Å². The van der Waals surface area contributed by atoms with Gasteiger partial charge in [0.15, 0.2) is 0 Å². The standard InChI is InChI=1S/C12H14F3N3O/c1-2-18(6-12(13,14)15)7-3-4-8-9(5-7)17-11(19)10(8)16/h3-5,10H,2,6,16H2,1H3,(H,17,19). The molecule has 3 N–H and O–H groups in total. The molecule has 0 bridgehead atoms. The number of carbonyl (C=O) groups excluding carboxylic acids is 1. The summed E-state index contributed by atoms with van der Waals surface area (Å²) in [5.41, 5.74) is 7.15. The highest BCUT2D eigenvalue weighted by atomic mass is 19.4. The molecule has 1 aliphatic rings. The van der Waals surface area contributed by atoms with Crippen LogP contribution in [0.15, 0.2) is 18.2 Å². The zero-order valence-electron chi connectivity index (χ0n) is 10.3. The first-order valence-electron chi connectivity index (χ1n) is 5.84. The van der Waals surface area contributed by atoms with Crippen LogP contribution < -0.4 is 16.0 Å². The number of amides is 1. The van der Waals surface area contributed by atoms with E-state index in [-0.39, 0.29) is 12.5 Å². The van der Waals surface area contributed by atoms with Crippen LogP contribution in [0.5, 0.6) is 0 Å². The Labute approximate surface area is 108 Å². The Kier molecular flexibility index (Phi) is 3.40. The monoisotopic (exact) mass is 273 g/mol. The number of anilines is 2. The summed E-state index contributed by atoms with van der Waals surface area (Å²) in [5.74, 6) is -0.342. The van der Waals surface area contributed by atoms with Gasteiger partial charge in [0.2, 0.25) is 5.91 Å². The summed E-state index contributed by atoms with van der Waals surface area (Å²) >= 11 is 0. The molecule has 1 unspecified atom stereocenters. The van der Waals surface area contributed by atoms with Crippen LogP contribution in [-0.2, 0) is 4.79 Å². The zero-order valence-corrected chi connectivity index (χ0v) is 10.3. The Balaban J connectivity index is 2.27. The first kappa shape index (κ1) is 13.7. The van der Waals surface area contributed by atoms with Gasteiger partial charge in [0.1, 0.15) is 12.6 Å². The van der Waals surface area contributed by atoms with Gasteiger partial charge in [0.25, 0.3) is 0 Å². The normalized spacial score (nSPS) is 18.2. The predicted molar refractivity (Wildman–Crippen MR) is 65.9 cm³/mol. The van der Waals surface area contributed by atoms with Crippen LogP contribution in [0.1, 0.15) is 18.5 Å². The molecule has 1 aromatic rings. The van der Waals surface area contributed by atoms with Crippen molar-refractivity contribution in [3.8, 4) is 0 Å². The molecule has 2 rings (SSSR count). The van der Waals surface area contributed by atoms with Crippen molar-refractivity contribution in [1.29, 1.82) is 0 Å². The second kappa shape index (κ2) is 4.73. The smallest absolute Gasteiger partial charge is 0.363 e. The number of alkyl halides is 3. The Morgan fingerprint density at radius 3 is 2.68 bits per heavy atom. The molecular formula is C12H14F3N3O. The predicted octanol–water partition coefficient (Wildman–Crippen LogP) is 2.03. The number of carbonyl (C=O) groups is 1. The fourth-order valence-corrected chi connectivity index (χ4v) is 2.07. The number of benzene rings is 1. The summed E-state index contributed by atoms with van der Waals surface area (Å²) in [4.78, 5) is 12.6. The summed E-state index contributed by atoms with van der Waals surface area (Å²) in [7, 11) is 0. The molecular weight excluding hydrogens is 259 g/mol. The van der Waals surface area contributed by atoms with Crippen LogP contribution in [-0.4, -0.2) is 25.2 Å². The summed E-state index contributed by atoms with van der Waals surface area (Å²) in [6.45, 7) is 0.837. The van der Waals surface area contributed by atoms with Gasteiger partial charge in [-0.05, 0) is 19.1 Å². The molecule has 1 aliphatic heterocycles. The highest BCUT2D eigenvalue weighted by Crippen LogP contribution is 2.33. The number of nitrogens with two attached hydrogens (primary N) is 1. The summed E-state index contributed by atoms with van der Waals surface area (Å²) in [6, 6.07) is 3.91. The minimum Gasteiger partial charge on any atom is -0.363 e. The lowest BCUT2D eigenvalue weighted by molar-refractivity contribution is -0.119. The maximum absolute atomic E-state index is 12.4. The molecule has 0 saturated heterocycles. The van der Waals surface area contributed by atoms with Crippen molar-refractivity contribution in [2.45, 2.75) is 19.1 Å². The maximum atomic E-state index is 12.4. The Hall–Kier alpha value is -1.76. The molecule has 1 aromatic carbocycles. The number of nitrogens with zero attached hydrogens (tertiary/aromatic N) is 1. The third-order valence-corrected chi connectivity index (χ3v) is 3.03. The van der Waals surface area contributed by atoms with Crippen LogP contribution in [0.2, 0.25) is 0 Å². The molecule has 1 amide bonds. The lowest BCUT2D eigenvalue weighted by Gasteiger charge is -2.24. The minimum atomic E-state index is -4.27. The van der Waals surface area contributed by atoms with E-state index in [1.807, 2.05) is 0 Å². The second-order valence-corrected chi connectivity index (χ2v) is 4.37. The molecule has 4 nitrogen and oxygen atoms in total. The highest BCUT2D eigenvalue weighted by Gasteiger charge is 2.32. The highest BCUT2D eigenvalue weighted by molar-refractivity contribution is 6.02. The minimum absolute atomic E-state index is 0.221. The van der Waals surface area contributed by atoms with Crippen molar-refractivity contribution < 1.29 is 18.0 Å². The van der Waals surface area contributed by atoms with Crippen molar-refractivity contribution >= 4 is 17.3 Å². The Morgan fingerprint density at radius 1 is 1.42 bits per heavy atom. The molecule has 0 aromatic heterocycles. The number of nitrogens with one attached hydrogen (secondary N) is 1. The average Bonchev–Trinajstić information content (AvgIpc) is 2.60. The number of rotatable bonds is 3. The summed E-state index contributed by atoms with van der Waals surface area (Å²) < 4.78 is 37.3. The Bertz CT molecular complexity index is 501. The fraction of sp³-hybridized carbons (Fsp3) is 0.417. The van der Waals surface area contributed by atoms with Gasteiger partial charge in [0.05, 0.1) is 0 Å². The van der Waals surface area contributed by atoms with Crippen molar-refractivity contribution in [3.05, 3.63) is 23.8 Å². The SMILES string of the molecule is CCN(CC(F)(F)F)c1ccc2c(c1)NC(=O)C2N. The van der Waals surface area contributed by atoms with Crippen LogP contribution in [0.25, 0.3) is 0 Å². The lowest BCUT2D eigenvalue weighted by Crippen LogP contribution is -2.34. The fourth-order valence-electron chi connectivity index (χ4n) is 2.07. The largest absolute Gasteiger partial charge is 0.405 e. The van der Waals surface area contributed by atoms with Crippen LogP contribution in [0, 0.1) is 0 Å². The van der Waals surface area contributed by atoms with Crippen LogP contribution in [0.3, 0.4) is 0 Å². The molecule has 19 heavy (non-hydrogen) atoms. The second-order valence-electron chi connectivity index (χ2n) is 4.37. The van der Waals surface area contributed by atoms with Crippen molar-refractivity contribution in [2.24, 2.45) is 5.73 Å². The van der Waals surface area contributed by atoms with Gasteiger partial charge >= 0.3 is 6.18 Å². The van der Waals surface area contributed by atoms with Gasteiger partial charge in [-0.25, -0.2) is 0 Å². The quantitative estimate of drug-likeness (QED) is 0.886.